The van der Waals surface area contributed by atoms with Gasteiger partial charge in [-0.05, 0) is 29.7 Å². The van der Waals surface area contributed by atoms with E-state index in [9.17, 15) is 0 Å². The molecule has 0 fully saturated rings. The molecule has 2 aromatic rings. The van der Waals surface area contributed by atoms with Gasteiger partial charge in [0.2, 0.25) is 0 Å². The Balaban J connectivity index is 2.06. The smallest absolute Gasteiger partial charge is 0.0444 e. The Morgan fingerprint density at radius 3 is 2.00 bits per heavy atom. The van der Waals surface area contributed by atoms with Crippen molar-refractivity contribution in [2.75, 3.05) is 0 Å². The van der Waals surface area contributed by atoms with Gasteiger partial charge in [0.05, 0.1) is 0 Å². The minimum absolute atomic E-state index is 0.963. The topological polar surface area (TPSA) is 12.4 Å². The second kappa shape index (κ2) is 6.50. The van der Waals surface area contributed by atoms with Gasteiger partial charge in [-0.1, -0.05) is 67.2 Å². The summed E-state index contributed by atoms with van der Waals surface area (Å²) >= 11 is 0. The molecule has 0 bridgehead atoms. The lowest BCUT2D eigenvalue weighted by Crippen LogP contribution is -1.91. The van der Waals surface area contributed by atoms with Crippen molar-refractivity contribution < 1.29 is 0 Å². The van der Waals surface area contributed by atoms with Crippen LogP contribution in [0.3, 0.4) is 0 Å². The van der Waals surface area contributed by atoms with Crippen LogP contribution in [0, 0.1) is 0 Å². The van der Waals surface area contributed by atoms with Crippen LogP contribution in [0.5, 0.6) is 0 Å². The molecule has 94 valence electrons. The lowest BCUT2D eigenvalue weighted by atomic mass is 10.1. The second-order valence-corrected chi connectivity index (χ2v) is 4.29. The molecule has 0 radical (unpaired) electrons. The number of hydrogen-bond acceptors (Lipinski definition) is 1. The quantitative estimate of drug-likeness (QED) is 0.547. The maximum Gasteiger partial charge on any atom is 0.0444 e. The summed E-state index contributed by atoms with van der Waals surface area (Å²) in [6, 6.07) is 20.2. The molecule has 1 heteroatoms. The van der Waals surface area contributed by atoms with Crippen molar-refractivity contribution in [1.82, 2.24) is 0 Å². The maximum absolute atomic E-state index is 4.44. The summed E-state index contributed by atoms with van der Waals surface area (Å²) in [6.45, 7) is 6.04. The highest BCUT2D eigenvalue weighted by Crippen LogP contribution is 2.12. The summed E-state index contributed by atoms with van der Waals surface area (Å²) < 4.78 is 0. The highest BCUT2D eigenvalue weighted by atomic mass is 14.7. The third-order valence-electron chi connectivity index (χ3n) is 2.88. The molecule has 0 aromatic heterocycles. The SMILES string of the molecule is C=C(/C=C\N=C(/C)c1ccccc1)c1ccccc1. The van der Waals surface area contributed by atoms with Gasteiger partial charge in [-0.3, -0.25) is 4.99 Å². The summed E-state index contributed by atoms with van der Waals surface area (Å²) in [5.41, 5.74) is 4.21. The van der Waals surface area contributed by atoms with Gasteiger partial charge in [0.15, 0.2) is 0 Å². The Kier molecular flexibility index (Phi) is 4.46. The third kappa shape index (κ3) is 3.78. The number of nitrogens with zero attached hydrogens (tertiary/aromatic N) is 1. The van der Waals surface area contributed by atoms with Crippen molar-refractivity contribution >= 4 is 11.3 Å². The minimum Gasteiger partial charge on any atom is -0.261 e. The summed E-state index contributed by atoms with van der Waals surface area (Å²) in [6.07, 6.45) is 3.74. The molecule has 0 aliphatic heterocycles. The number of aliphatic imine (C=N–C) groups is 1. The fraction of sp³-hybridized carbons (Fsp3) is 0.0556. The summed E-state index contributed by atoms with van der Waals surface area (Å²) in [5, 5.41) is 0. The largest absolute Gasteiger partial charge is 0.261 e. The molecule has 1 nitrogen and oxygen atoms in total. The van der Waals surface area contributed by atoms with E-state index in [1.54, 1.807) is 6.20 Å². The van der Waals surface area contributed by atoms with E-state index in [1.807, 2.05) is 61.5 Å². The Labute approximate surface area is 114 Å². The highest BCUT2D eigenvalue weighted by Gasteiger charge is 1.94. The molecule has 2 rings (SSSR count). The molecule has 0 atom stereocenters. The van der Waals surface area contributed by atoms with Crippen LogP contribution >= 0.6 is 0 Å². The van der Waals surface area contributed by atoms with Crippen LogP contribution in [0.1, 0.15) is 18.1 Å². The molecular formula is C18H17N. The van der Waals surface area contributed by atoms with Crippen molar-refractivity contribution in [2.24, 2.45) is 4.99 Å². The monoisotopic (exact) mass is 247 g/mol. The molecule has 0 amide bonds. The van der Waals surface area contributed by atoms with Gasteiger partial charge >= 0.3 is 0 Å². The normalized spacial score (nSPS) is 11.7. The van der Waals surface area contributed by atoms with Crippen LogP contribution in [0.4, 0.5) is 0 Å². The van der Waals surface area contributed by atoms with Gasteiger partial charge < -0.3 is 0 Å². The standard InChI is InChI=1S/C18H17N/c1-15(17-9-5-3-6-10-17)13-14-19-16(2)18-11-7-4-8-12-18/h3-14H,1H2,2H3/b14-13-,19-16+. The molecule has 0 N–H and O–H groups in total. The van der Waals surface area contributed by atoms with E-state index < -0.39 is 0 Å². The zero-order valence-electron chi connectivity index (χ0n) is 11.1. The fourth-order valence-electron chi connectivity index (χ4n) is 1.74. The number of rotatable bonds is 4. The zero-order valence-corrected chi connectivity index (χ0v) is 11.1. The van der Waals surface area contributed by atoms with Crippen molar-refractivity contribution in [3.63, 3.8) is 0 Å². The summed E-state index contributed by atoms with van der Waals surface area (Å²) in [5.74, 6) is 0. The molecule has 0 heterocycles. The fourth-order valence-corrected chi connectivity index (χ4v) is 1.74. The first-order chi connectivity index (χ1) is 9.27. The van der Waals surface area contributed by atoms with E-state index in [2.05, 4.69) is 23.7 Å². The van der Waals surface area contributed by atoms with Crippen LogP contribution in [-0.4, -0.2) is 5.71 Å². The summed E-state index contributed by atoms with van der Waals surface area (Å²) in [4.78, 5) is 4.44. The van der Waals surface area contributed by atoms with Crippen LogP contribution in [0.15, 0.2) is 84.5 Å². The van der Waals surface area contributed by atoms with Crippen LogP contribution in [0.2, 0.25) is 0 Å². The van der Waals surface area contributed by atoms with Gasteiger partial charge in [-0.25, -0.2) is 0 Å². The van der Waals surface area contributed by atoms with Crippen LogP contribution < -0.4 is 0 Å². The van der Waals surface area contributed by atoms with E-state index in [0.29, 0.717) is 0 Å². The molecule has 0 aliphatic carbocycles. The number of allylic oxidation sites excluding steroid dienone is 2. The van der Waals surface area contributed by atoms with E-state index in [1.165, 1.54) is 0 Å². The minimum atomic E-state index is 0.963. The third-order valence-corrected chi connectivity index (χ3v) is 2.88. The molecular weight excluding hydrogens is 230 g/mol. The zero-order chi connectivity index (χ0) is 13.5. The van der Waals surface area contributed by atoms with Crippen LogP contribution in [-0.2, 0) is 0 Å². The molecule has 0 saturated heterocycles. The Bertz CT molecular complexity index is 592. The molecule has 0 spiro atoms. The average molecular weight is 247 g/mol. The van der Waals surface area contributed by atoms with Crippen molar-refractivity contribution in [3.05, 3.63) is 90.6 Å². The molecule has 2 aromatic carbocycles. The predicted octanol–water partition coefficient (Wildman–Crippen LogP) is 4.72. The lowest BCUT2D eigenvalue weighted by Gasteiger charge is -1.99. The van der Waals surface area contributed by atoms with E-state index >= 15 is 0 Å². The van der Waals surface area contributed by atoms with Crippen LogP contribution in [0.25, 0.3) is 5.57 Å². The van der Waals surface area contributed by atoms with Gasteiger partial charge in [-0.2, -0.15) is 0 Å². The Morgan fingerprint density at radius 1 is 0.895 bits per heavy atom. The average Bonchev–Trinajstić information content (AvgIpc) is 2.49. The molecule has 0 saturated carbocycles. The van der Waals surface area contributed by atoms with Crippen molar-refractivity contribution in [2.45, 2.75) is 6.92 Å². The molecule has 0 aliphatic rings. The van der Waals surface area contributed by atoms with E-state index in [4.69, 9.17) is 0 Å². The van der Waals surface area contributed by atoms with E-state index in [-0.39, 0.29) is 0 Å². The second-order valence-electron chi connectivity index (χ2n) is 4.29. The van der Waals surface area contributed by atoms with Crippen molar-refractivity contribution in [1.29, 1.82) is 0 Å². The Hall–Kier alpha value is -2.41. The first-order valence-electron chi connectivity index (χ1n) is 6.28. The lowest BCUT2D eigenvalue weighted by molar-refractivity contribution is 1.49. The summed E-state index contributed by atoms with van der Waals surface area (Å²) in [7, 11) is 0. The molecule has 19 heavy (non-hydrogen) atoms. The van der Waals surface area contributed by atoms with Gasteiger partial charge in [0.1, 0.15) is 0 Å². The van der Waals surface area contributed by atoms with Gasteiger partial charge in [0.25, 0.3) is 0 Å². The van der Waals surface area contributed by atoms with Crippen molar-refractivity contribution in [3.8, 4) is 0 Å². The van der Waals surface area contributed by atoms with Gasteiger partial charge in [0, 0.05) is 11.9 Å². The van der Waals surface area contributed by atoms with Gasteiger partial charge in [-0.15, -0.1) is 0 Å². The first-order valence-corrected chi connectivity index (χ1v) is 6.28. The predicted molar refractivity (Wildman–Crippen MR) is 83.3 cm³/mol. The maximum atomic E-state index is 4.44. The Morgan fingerprint density at radius 2 is 1.42 bits per heavy atom. The number of hydrogen-bond donors (Lipinski definition) is 0. The highest BCUT2D eigenvalue weighted by molar-refractivity contribution is 5.99. The molecule has 0 unspecified atom stereocenters. The first kappa shape index (κ1) is 13.0. The van der Waals surface area contributed by atoms with E-state index in [0.717, 1.165) is 22.4 Å². The number of benzene rings is 2.